The van der Waals surface area contributed by atoms with Gasteiger partial charge in [0, 0.05) is 43.6 Å². The molecule has 156 valence electrons. The summed E-state index contributed by atoms with van der Waals surface area (Å²) < 4.78 is 14.0. The Morgan fingerprint density at radius 3 is 2.27 bits per heavy atom. The normalized spacial score (nSPS) is 16.9. The van der Waals surface area contributed by atoms with E-state index in [1.54, 1.807) is 12.1 Å². The highest BCUT2D eigenvalue weighted by atomic mass is 19.1. The highest BCUT2D eigenvalue weighted by molar-refractivity contribution is 6.17. The van der Waals surface area contributed by atoms with Crippen molar-refractivity contribution in [1.29, 1.82) is 0 Å². The molecule has 0 aromatic heterocycles. The number of rotatable bonds is 6. The van der Waals surface area contributed by atoms with Gasteiger partial charge in [-0.3, -0.25) is 14.5 Å². The second kappa shape index (κ2) is 8.54. The molecule has 0 bridgehead atoms. The lowest BCUT2D eigenvalue weighted by Crippen LogP contribution is -2.46. The zero-order valence-electron chi connectivity index (χ0n) is 16.4. The first-order valence-corrected chi connectivity index (χ1v) is 9.87. The van der Waals surface area contributed by atoms with Gasteiger partial charge >= 0.3 is 0 Å². The fourth-order valence-electron chi connectivity index (χ4n) is 3.73. The Bertz CT molecular complexity index is 969. The molecule has 0 aliphatic carbocycles. The molecule has 1 saturated heterocycles. The lowest BCUT2D eigenvalue weighted by Gasteiger charge is -2.37. The van der Waals surface area contributed by atoms with Gasteiger partial charge in [-0.1, -0.05) is 12.1 Å². The number of amides is 2. The van der Waals surface area contributed by atoms with Gasteiger partial charge in [-0.25, -0.2) is 4.39 Å². The standard InChI is InChI=1S/C22H23FN4O3/c23-18-3-1-2-4-20(18)26-11-9-25(10-12-26)17-7-5-16(6-8-17)24-19-15-21(29)27(13-14-28)22(19)30/h1-8,15,24,28H,9-14H2. The molecular weight excluding hydrogens is 387 g/mol. The summed E-state index contributed by atoms with van der Waals surface area (Å²) in [5.74, 6) is -1.07. The predicted octanol–water partition coefficient (Wildman–Crippen LogP) is 1.81. The number of carbonyl (C=O) groups excluding carboxylic acids is 2. The first kappa shape index (κ1) is 19.9. The van der Waals surface area contributed by atoms with Gasteiger partial charge in [0.1, 0.15) is 11.5 Å². The van der Waals surface area contributed by atoms with Crippen LogP contribution in [0.3, 0.4) is 0 Å². The van der Waals surface area contributed by atoms with Crippen LogP contribution in [0.4, 0.5) is 21.5 Å². The number of aliphatic hydroxyl groups is 1. The number of para-hydroxylation sites is 1. The van der Waals surface area contributed by atoms with E-state index >= 15 is 0 Å². The number of aliphatic hydroxyl groups excluding tert-OH is 1. The van der Waals surface area contributed by atoms with Gasteiger partial charge in [0.25, 0.3) is 11.8 Å². The van der Waals surface area contributed by atoms with E-state index in [1.807, 2.05) is 30.3 Å². The number of anilines is 3. The third-order valence-electron chi connectivity index (χ3n) is 5.32. The summed E-state index contributed by atoms with van der Waals surface area (Å²) in [6, 6.07) is 14.4. The van der Waals surface area contributed by atoms with Crippen LogP contribution in [0.25, 0.3) is 0 Å². The van der Waals surface area contributed by atoms with E-state index in [1.165, 1.54) is 12.1 Å². The SMILES string of the molecule is O=C1C=C(Nc2ccc(N3CCN(c4ccccc4F)CC3)cc2)C(=O)N1CCO. The van der Waals surface area contributed by atoms with Crippen molar-refractivity contribution in [3.8, 4) is 0 Å². The van der Waals surface area contributed by atoms with Crippen molar-refractivity contribution >= 4 is 28.9 Å². The number of carbonyl (C=O) groups is 2. The van der Waals surface area contributed by atoms with Gasteiger partial charge < -0.3 is 20.2 Å². The minimum absolute atomic E-state index is 0.0167. The number of nitrogens with one attached hydrogen (secondary N) is 1. The summed E-state index contributed by atoms with van der Waals surface area (Å²) in [4.78, 5) is 29.3. The van der Waals surface area contributed by atoms with Crippen LogP contribution in [-0.2, 0) is 9.59 Å². The summed E-state index contributed by atoms with van der Waals surface area (Å²) in [6.45, 7) is 2.72. The maximum atomic E-state index is 14.0. The Kier molecular flexibility index (Phi) is 5.67. The third kappa shape index (κ3) is 3.99. The summed E-state index contributed by atoms with van der Waals surface area (Å²) in [5.41, 5.74) is 2.57. The van der Waals surface area contributed by atoms with Gasteiger partial charge in [0.05, 0.1) is 18.8 Å². The van der Waals surface area contributed by atoms with Gasteiger partial charge in [-0.15, -0.1) is 0 Å². The summed E-state index contributed by atoms with van der Waals surface area (Å²) in [6.07, 6.45) is 1.24. The fraction of sp³-hybridized carbons (Fsp3) is 0.273. The molecule has 0 spiro atoms. The topological polar surface area (TPSA) is 76.1 Å². The molecule has 2 aliphatic rings. The lowest BCUT2D eigenvalue weighted by atomic mass is 10.2. The molecule has 0 saturated carbocycles. The molecule has 0 radical (unpaired) electrons. The lowest BCUT2D eigenvalue weighted by molar-refractivity contribution is -0.137. The molecule has 2 heterocycles. The van der Waals surface area contributed by atoms with Gasteiger partial charge in [0.15, 0.2) is 0 Å². The van der Waals surface area contributed by atoms with Gasteiger partial charge in [-0.05, 0) is 36.4 Å². The average Bonchev–Trinajstić information content (AvgIpc) is 3.02. The Labute approximate surface area is 174 Å². The molecule has 2 amide bonds. The zero-order chi connectivity index (χ0) is 21.1. The van der Waals surface area contributed by atoms with Crippen LogP contribution in [0.15, 0.2) is 60.3 Å². The van der Waals surface area contributed by atoms with E-state index < -0.39 is 11.8 Å². The van der Waals surface area contributed by atoms with Crippen LogP contribution in [0.1, 0.15) is 0 Å². The number of benzene rings is 2. The molecule has 0 atom stereocenters. The minimum atomic E-state index is -0.442. The van der Waals surface area contributed by atoms with E-state index in [9.17, 15) is 14.0 Å². The molecule has 7 nitrogen and oxygen atoms in total. The van der Waals surface area contributed by atoms with Crippen molar-refractivity contribution < 1.29 is 19.1 Å². The Morgan fingerprint density at radius 2 is 1.60 bits per heavy atom. The van der Waals surface area contributed by atoms with Crippen LogP contribution in [-0.4, -0.2) is 61.2 Å². The summed E-state index contributed by atoms with van der Waals surface area (Å²) >= 11 is 0. The van der Waals surface area contributed by atoms with E-state index in [2.05, 4.69) is 15.1 Å². The number of hydrogen-bond donors (Lipinski definition) is 2. The molecular formula is C22H23FN4O3. The molecule has 8 heteroatoms. The molecule has 30 heavy (non-hydrogen) atoms. The highest BCUT2D eigenvalue weighted by Crippen LogP contribution is 2.25. The fourth-order valence-corrected chi connectivity index (χ4v) is 3.73. The first-order chi connectivity index (χ1) is 14.6. The van der Waals surface area contributed by atoms with Crippen LogP contribution in [0.5, 0.6) is 0 Å². The minimum Gasteiger partial charge on any atom is -0.395 e. The number of nitrogens with zero attached hydrogens (tertiary/aromatic N) is 3. The predicted molar refractivity (Wildman–Crippen MR) is 113 cm³/mol. The maximum absolute atomic E-state index is 14.0. The van der Waals surface area contributed by atoms with Crippen LogP contribution < -0.4 is 15.1 Å². The van der Waals surface area contributed by atoms with E-state index in [0.717, 1.165) is 36.8 Å². The number of halogens is 1. The quantitative estimate of drug-likeness (QED) is 0.708. The average molecular weight is 410 g/mol. The molecule has 4 rings (SSSR count). The largest absolute Gasteiger partial charge is 0.395 e. The van der Waals surface area contributed by atoms with Crippen molar-refractivity contribution in [2.75, 3.05) is 54.4 Å². The highest BCUT2D eigenvalue weighted by Gasteiger charge is 2.30. The third-order valence-corrected chi connectivity index (χ3v) is 5.32. The molecule has 1 fully saturated rings. The monoisotopic (exact) mass is 410 g/mol. The first-order valence-electron chi connectivity index (χ1n) is 9.87. The Balaban J connectivity index is 1.36. The number of hydrogen-bond acceptors (Lipinski definition) is 6. The van der Waals surface area contributed by atoms with Crippen LogP contribution in [0, 0.1) is 5.82 Å². The van der Waals surface area contributed by atoms with E-state index in [0.29, 0.717) is 11.4 Å². The zero-order valence-corrected chi connectivity index (χ0v) is 16.4. The van der Waals surface area contributed by atoms with Crippen molar-refractivity contribution in [2.24, 2.45) is 0 Å². The van der Waals surface area contributed by atoms with Crippen LogP contribution in [0.2, 0.25) is 0 Å². The second-order valence-corrected chi connectivity index (χ2v) is 7.17. The maximum Gasteiger partial charge on any atom is 0.277 e. The Hall–Kier alpha value is -3.39. The number of β-amino-alcohol motifs (C(OH)–C–C–N with tert-alkyl or cyclic N) is 1. The summed E-state index contributed by atoms with van der Waals surface area (Å²) in [5, 5.41) is 11.9. The molecule has 2 aromatic rings. The van der Waals surface area contributed by atoms with Crippen molar-refractivity contribution in [1.82, 2.24) is 4.90 Å². The van der Waals surface area contributed by atoms with E-state index in [4.69, 9.17) is 5.11 Å². The van der Waals surface area contributed by atoms with E-state index in [-0.39, 0.29) is 24.7 Å². The molecule has 2 aromatic carbocycles. The molecule has 2 aliphatic heterocycles. The Morgan fingerprint density at radius 1 is 0.933 bits per heavy atom. The second-order valence-electron chi connectivity index (χ2n) is 7.17. The van der Waals surface area contributed by atoms with Crippen molar-refractivity contribution in [3.05, 3.63) is 66.1 Å². The smallest absolute Gasteiger partial charge is 0.277 e. The van der Waals surface area contributed by atoms with Crippen molar-refractivity contribution in [2.45, 2.75) is 0 Å². The van der Waals surface area contributed by atoms with Crippen molar-refractivity contribution in [3.63, 3.8) is 0 Å². The van der Waals surface area contributed by atoms with Crippen LogP contribution >= 0.6 is 0 Å². The summed E-state index contributed by atoms with van der Waals surface area (Å²) in [7, 11) is 0. The van der Waals surface area contributed by atoms with Gasteiger partial charge in [0.2, 0.25) is 0 Å². The van der Waals surface area contributed by atoms with Gasteiger partial charge in [-0.2, -0.15) is 0 Å². The number of piperazine rings is 1. The number of imide groups is 1. The molecule has 2 N–H and O–H groups in total. The molecule has 0 unspecified atom stereocenters.